The average molecular weight is 369 g/mol. The number of aliphatic carboxylic acids is 1. The van der Waals surface area contributed by atoms with E-state index in [1.165, 1.54) is 18.4 Å². The van der Waals surface area contributed by atoms with Crippen LogP contribution in [0.25, 0.3) is 0 Å². The van der Waals surface area contributed by atoms with Crippen LogP contribution in [-0.2, 0) is 27.8 Å². The van der Waals surface area contributed by atoms with Gasteiger partial charge in [-0.1, -0.05) is 12.1 Å². The van der Waals surface area contributed by atoms with Crippen molar-refractivity contribution in [1.82, 2.24) is 14.5 Å². The topological polar surface area (TPSA) is 107 Å². The Kier molecular flexibility index (Phi) is 6.02. The van der Waals surface area contributed by atoms with Gasteiger partial charge >= 0.3 is 12.0 Å². The van der Waals surface area contributed by atoms with Gasteiger partial charge in [0.25, 0.3) is 0 Å². The molecule has 9 heteroatoms. The molecule has 0 aliphatic carbocycles. The molecule has 1 aromatic carbocycles. The number of fused-ring (bicyclic) bond motifs is 1. The zero-order valence-corrected chi connectivity index (χ0v) is 15.2. The molecular formula is C16H23N3O5S. The van der Waals surface area contributed by atoms with E-state index >= 15 is 0 Å². The van der Waals surface area contributed by atoms with Crippen molar-refractivity contribution in [3.05, 3.63) is 29.3 Å². The SMILES string of the molecule is CN(C)S(=O)(=O)c1cccc2c1CCN(C(=O)NCCCC(=O)O)C2. The van der Waals surface area contributed by atoms with E-state index in [9.17, 15) is 18.0 Å². The highest BCUT2D eigenvalue weighted by Crippen LogP contribution is 2.27. The second kappa shape index (κ2) is 7.83. The first kappa shape index (κ1) is 19.2. The van der Waals surface area contributed by atoms with Gasteiger partial charge in [-0.05, 0) is 30.0 Å². The molecule has 1 aliphatic rings. The van der Waals surface area contributed by atoms with Crippen LogP contribution in [-0.4, -0.2) is 61.9 Å². The Hall–Kier alpha value is -2.13. The number of nitrogens with one attached hydrogen (secondary N) is 1. The first-order valence-electron chi connectivity index (χ1n) is 8.01. The first-order chi connectivity index (χ1) is 11.7. The summed E-state index contributed by atoms with van der Waals surface area (Å²) >= 11 is 0. The van der Waals surface area contributed by atoms with Crippen molar-refractivity contribution in [2.24, 2.45) is 0 Å². The molecule has 2 amide bonds. The number of benzene rings is 1. The number of carboxylic acid groups (broad SMARTS) is 1. The van der Waals surface area contributed by atoms with Crippen molar-refractivity contribution in [3.8, 4) is 0 Å². The van der Waals surface area contributed by atoms with E-state index in [0.29, 0.717) is 32.5 Å². The van der Waals surface area contributed by atoms with Crippen LogP contribution in [0, 0.1) is 0 Å². The van der Waals surface area contributed by atoms with Gasteiger partial charge in [0.05, 0.1) is 4.90 Å². The fraction of sp³-hybridized carbons (Fsp3) is 0.500. The smallest absolute Gasteiger partial charge is 0.317 e. The molecule has 0 bridgehead atoms. The molecular weight excluding hydrogens is 346 g/mol. The molecule has 1 heterocycles. The minimum absolute atomic E-state index is 0.00880. The number of hydrogen-bond acceptors (Lipinski definition) is 4. The predicted molar refractivity (Wildman–Crippen MR) is 91.7 cm³/mol. The molecule has 0 saturated heterocycles. The molecule has 8 nitrogen and oxygen atoms in total. The molecule has 0 atom stereocenters. The van der Waals surface area contributed by atoms with Gasteiger partial charge < -0.3 is 15.3 Å². The third-order valence-electron chi connectivity index (χ3n) is 4.11. The first-order valence-corrected chi connectivity index (χ1v) is 9.45. The van der Waals surface area contributed by atoms with E-state index in [0.717, 1.165) is 11.1 Å². The van der Waals surface area contributed by atoms with Crippen LogP contribution in [0.2, 0.25) is 0 Å². The Bertz CT molecular complexity index is 761. The normalized spacial score (nSPS) is 14.3. The number of amides is 2. The van der Waals surface area contributed by atoms with Crippen molar-refractivity contribution in [2.75, 3.05) is 27.2 Å². The maximum absolute atomic E-state index is 12.4. The third kappa shape index (κ3) is 4.49. The Morgan fingerprint density at radius 1 is 1.32 bits per heavy atom. The molecule has 0 saturated carbocycles. The Morgan fingerprint density at radius 3 is 2.68 bits per heavy atom. The lowest BCUT2D eigenvalue weighted by atomic mass is 10.00. The predicted octanol–water partition coefficient (Wildman–Crippen LogP) is 0.869. The Balaban J connectivity index is 2.07. The van der Waals surface area contributed by atoms with Crippen LogP contribution < -0.4 is 5.32 Å². The second-order valence-electron chi connectivity index (χ2n) is 6.08. The molecule has 0 radical (unpaired) electrons. The van der Waals surface area contributed by atoms with Crippen molar-refractivity contribution < 1.29 is 23.1 Å². The van der Waals surface area contributed by atoms with E-state index in [1.807, 2.05) is 6.07 Å². The van der Waals surface area contributed by atoms with Gasteiger partial charge in [0.15, 0.2) is 0 Å². The van der Waals surface area contributed by atoms with Gasteiger partial charge in [-0.2, -0.15) is 0 Å². The van der Waals surface area contributed by atoms with E-state index in [-0.39, 0.29) is 17.3 Å². The molecule has 0 spiro atoms. The number of carbonyl (C=O) groups is 2. The van der Waals surface area contributed by atoms with E-state index < -0.39 is 16.0 Å². The van der Waals surface area contributed by atoms with Crippen LogP contribution in [0.3, 0.4) is 0 Å². The van der Waals surface area contributed by atoms with Crippen LogP contribution in [0.4, 0.5) is 4.79 Å². The number of carbonyl (C=O) groups excluding carboxylic acids is 1. The van der Waals surface area contributed by atoms with Crippen LogP contribution in [0.1, 0.15) is 24.0 Å². The van der Waals surface area contributed by atoms with Gasteiger partial charge in [0.2, 0.25) is 10.0 Å². The van der Waals surface area contributed by atoms with Crippen LogP contribution >= 0.6 is 0 Å². The summed E-state index contributed by atoms with van der Waals surface area (Å²) in [6.07, 6.45) is 0.840. The molecule has 0 fully saturated rings. The Labute approximate surface area is 147 Å². The van der Waals surface area contributed by atoms with Crippen molar-refractivity contribution >= 4 is 22.0 Å². The highest BCUT2D eigenvalue weighted by molar-refractivity contribution is 7.89. The molecule has 1 aromatic rings. The minimum atomic E-state index is -3.52. The molecule has 138 valence electrons. The molecule has 0 unspecified atom stereocenters. The quantitative estimate of drug-likeness (QED) is 0.724. The number of carboxylic acids is 1. The summed E-state index contributed by atoms with van der Waals surface area (Å²) in [6, 6.07) is 4.84. The summed E-state index contributed by atoms with van der Waals surface area (Å²) < 4.78 is 26.1. The van der Waals surface area contributed by atoms with Crippen LogP contribution in [0.5, 0.6) is 0 Å². The lowest BCUT2D eigenvalue weighted by Gasteiger charge is -2.30. The van der Waals surface area contributed by atoms with Crippen LogP contribution in [0.15, 0.2) is 23.1 Å². The maximum atomic E-state index is 12.4. The number of sulfonamides is 1. The van der Waals surface area contributed by atoms with Gasteiger partial charge in [-0.15, -0.1) is 0 Å². The van der Waals surface area contributed by atoms with Gasteiger partial charge in [0, 0.05) is 40.2 Å². The summed E-state index contributed by atoms with van der Waals surface area (Å²) in [5.41, 5.74) is 1.57. The van der Waals surface area contributed by atoms with E-state index in [2.05, 4.69) is 5.32 Å². The molecule has 0 aromatic heterocycles. The summed E-state index contributed by atoms with van der Waals surface area (Å²) in [7, 11) is -0.534. The van der Waals surface area contributed by atoms with E-state index in [1.54, 1.807) is 17.0 Å². The molecule has 2 N–H and O–H groups in total. The van der Waals surface area contributed by atoms with Crippen molar-refractivity contribution in [1.29, 1.82) is 0 Å². The highest BCUT2D eigenvalue weighted by Gasteiger charge is 2.27. The fourth-order valence-corrected chi connectivity index (χ4v) is 3.92. The van der Waals surface area contributed by atoms with Crippen molar-refractivity contribution in [3.63, 3.8) is 0 Å². The van der Waals surface area contributed by atoms with Crippen molar-refractivity contribution in [2.45, 2.75) is 30.7 Å². The molecule has 2 rings (SSSR count). The maximum Gasteiger partial charge on any atom is 0.317 e. The lowest BCUT2D eigenvalue weighted by molar-refractivity contribution is -0.137. The number of hydrogen-bond donors (Lipinski definition) is 2. The number of urea groups is 1. The fourth-order valence-electron chi connectivity index (χ4n) is 2.73. The largest absolute Gasteiger partial charge is 0.481 e. The second-order valence-corrected chi connectivity index (χ2v) is 8.20. The van der Waals surface area contributed by atoms with Gasteiger partial charge in [-0.25, -0.2) is 17.5 Å². The van der Waals surface area contributed by atoms with Gasteiger partial charge in [-0.3, -0.25) is 4.79 Å². The average Bonchev–Trinajstić information content (AvgIpc) is 2.57. The zero-order valence-electron chi connectivity index (χ0n) is 14.4. The lowest BCUT2D eigenvalue weighted by Crippen LogP contribution is -2.43. The standard InChI is InChI=1S/C16H23N3O5S/c1-18(2)25(23,24)14-6-3-5-12-11-19(10-8-13(12)14)16(22)17-9-4-7-15(20)21/h3,5-6H,4,7-11H2,1-2H3,(H,17,22)(H,20,21). The summed E-state index contributed by atoms with van der Waals surface area (Å²) in [5, 5.41) is 11.3. The highest BCUT2D eigenvalue weighted by atomic mass is 32.2. The van der Waals surface area contributed by atoms with E-state index in [4.69, 9.17) is 5.11 Å². The monoisotopic (exact) mass is 369 g/mol. The summed E-state index contributed by atoms with van der Waals surface area (Å²) in [5.74, 6) is -0.893. The molecule has 25 heavy (non-hydrogen) atoms. The number of nitrogens with zero attached hydrogens (tertiary/aromatic N) is 2. The Morgan fingerprint density at radius 2 is 2.04 bits per heavy atom. The molecule has 1 aliphatic heterocycles. The third-order valence-corrected chi connectivity index (χ3v) is 6.01. The zero-order chi connectivity index (χ0) is 18.6. The summed E-state index contributed by atoms with van der Waals surface area (Å²) in [4.78, 5) is 24.5. The number of rotatable bonds is 6. The summed E-state index contributed by atoms with van der Waals surface area (Å²) in [6.45, 7) is 1.04. The van der Waals surface area contributed by atoms with Gasteiger partial charge in [0.1, 0.15) is 0 Å². The minimum Gasteiger partial charge on any atom is -0.481 e.